The van der Waals surface area contributed by atoms with Crippen LogP contribution in [-0.4, -0.2) is 4.98 Å². The van der Waals surface area contributed by atoms with Crippen LogP contribution in [0.1, 0.15) is 41.3 Å². The van der Waals surface area contributed by atoms with Crippen LogP contribution in [0, 0.1) is 6.92 Å². The van der Waals surface area contributed by atoms with Gasteiger partial charge in [-0.3, -0.25) is 4.98 Å². The third-order valence-electron chi connectivity index (χ3n) is 3.64. The smallest absolute Gasteiger partial charge is 0.0481 e. The highest BCUT2D eigenvalue weighted by Gasteiger charge is 2.22. The van der Waals surface area contributed by atoms with E-state index in [0.717, 1.165) is 5.69 Å². The van der Waals surface area contributed by atoms with Crippen LogP contribution < -0.4 is 0 Å². The Labute approximate surface area is 103 Å². The first-order valence-electron chi connectivity index (χ1n) is 6.36. The molecule has 1 heteroatoms. The first-order chi connectivity index (χ1) is 8.34. The zero-order valence-corrected chi connectivity index (χ0v) is 10.2. The zero-order valence-electron chi connectivity index (χ0n) is 10.2. The molecule has 3 rings (SSSR count). The van der Waals surface area contributed by atoms with E-state index in [1.165, 1.54) is 36.1 Å². The van der Waals surface area contributed by atoms with E-state index in [1.54, 1.807) is 0 Å². The SMILES string of the molecule is Cc1cccc(C2CCCc3ccccc32)n1. The standard InChI is InChI=1S/C16H17N/c1-12-6-4-11-16(17-12)15-10-5-8-13-7-2-3-9-14(13)15/h2-4,6-7,9,11,15H,5,8,10H2,1H3. The van der Waals surface area contributed by atoms with Crippen LogP contribution in [0.5, 0.6) is 0 Å². The molecule has 0 aliphatic heterocycles. The van der Waals surface area contributed by atoms with Gasteiger partial charge >= 0.3 is 0 Å². The first kappa shape index (κ1) is 10.5. The van der Waals surface area contributed by atoms with Crippen molar-refractivity contribution in [1.82, 2.24) is 4.98 Å². The number of rotatable bonds is 1. The van der Waals surface area contributed by atoms with E-state index in [0.29, 0.717) is 5.92 Å². The number of benzene rings is 1. The molecule has 1 aromatic heterocycles. The van der Waals surface area contributed by atoms with Crippen LogP contribution in [-0.2, 0) is 6.42 Å². The Balaban J connectivity index is 2.06. The largest absolute Gasteiger partial charge is 0.258 e. The Kier molecular flexibility index (Phi) is 2.68. The van der Waals surface area contributed by atoms with Gasteiger partial charge in [0, 0.05) is 17.3 Å². The van der Waals surface area contributed by atoms with E-state index in [-0.39, 0.29) is 0 Å². The normalized spacial score (nSPS) is 18.8. The molecular formula is C16H17N. The molecule has 1 heterocycles. The molecule has 1 nitrogen and oxygen atoms in total. The Bertz CT molecular complexity index is 531. The summed E-state index contributed by atoms with van der Waals surface area (Å²) in [6.45, 7) is 2.07. The summed E-state index contributed by atoms with van der Waals surface area (Å²) in [5, 5.41) is 0. The maximum Gasteiger partial charge on any atom is 0.0481 e. The molecule has 1 aliphatic carbocycles. The van der Waals surface area contributed by atoms with Gasteiger partial charge in [-0.25, -0.2) is 0 Å². The Morgan fingerprint density at radius 1 is 1.06 bits per heavy atom. The Hall–Kier alpha value is -1.63. The molecule has 1 aromatic carbocycles. The minimum absolute atomic E-state index is 0.500. The second kappa shape index (κ2) is 4.33. The minimum Gasteiger partial charge on any atom is -0.258 e. The number of hydrogen-bond acceptors (Lipinski definition) is 1. The summed E-state index contributed by atoms with van der Waals surface area (Å²) in [6, 6.07) is 15.2. The molecule has 2 aromatic rings. The fraction of sp³-hybridized carbons (Fsp3) is 0.312. The Morgan fingerprint density at radius 3 is 2.82 bits per heavy atom. The first-order valence-corrected chi connectivity index (χ1v) is 6.36. The molecule has 1 atom stereocenters. The molecule has 1 aliphatic rings. The molecular weight excluding hydrogens is 206 g/mol. The molecule has 1 unspecified atom stereocenters. The number of aryl methyl sites for hydroxylation is 2. The van der Waals surface area contributed by atoms with Crippen molar-refractivity contribution in [3.8, 4) is 0 Å². The van der Waals surface area contributed by atoms with E-state index in [9.17, 15) is 0 Å². The second-order valence-corrected chi connectivity index (χ2v) is 4.85. The molecule has 86 valence electrons. The highest BCUT2D eigenvalue weighted by Crippen LogP contribution is 2.35. The summed E-state index contributed by atoms with van der Waals surface area (Å²) in [5.74, 6) is 0.500. The van der Waals surface area contributed by atoms with Gasteiger partial charge in [0.05, 0.1) is 0 Å². The average Bonchev–Trinajstić information content (AvgIpc) is 2.38. The molecule has 17 heavy (non-hydrogen) atoms. The van der Waals surface area contributed by atoms with E-state index in [1.807, 2.05) is 0 Å². The van der Waals surface area contributed by atoms with Gasteiger partial charge in [0.1, 0.15) is 0 Å². The van der Waals surface area contributed by atoms with Gasteiger partial charge in [0.15, 0.2) is 0 Å². The predicted molar refractivity (Wildman–Crippen MR) is 70.2 cm³/mol. The fourth-order valence-electron chi connectivity index (χ4n) is 2.82. The van der Waals surface area contributed by atoms with E-state index < -0.39 is 0 Å². The van der Waals surface area contributed by atoms with Crippen molar-refractivity contribution in [1.29, 1.82) is 0 Å². The van der Waals surface area contributed by atoms with Crippen molar-refractivity contribution < 1.29 is 0 Å². The van der Waals surface area contributed by atoms with Crippen molar-refractivity contribution in [3.05, 3.63) is 65.0 Å². The van der Waals surface area contributed by atoms with Crippen molar-refractivity contribution in [2.75, 3.05) is 0 Å². The topological polar surface area (TPSA) is 12.9 Å². The molecule has 0 radical (unpaired) electrons. The molecule has 0 fully saturated rings. The molecule has 0 bridgehead atoms. The molecule has 0 spiro atoms. The highest BCUT2D eigenvalue weighted by molar-refractivity contribution is 5.37. The lowest BCUT2D eigenvalue weighted by atomic mass is 9.81. The third-order valence-corrected chi connectivity index (χ3v) is 3.64. The number of nitrogens with zero attached hydrogens (tertiary/aromatic N) is 1. The molecule has 0 saturated heterocycles. The van der Waals surface area contributed by atoms with Crippen molar-refractivity contribution in [2.24, 2.45) is 0 Å². The zero-order chi connectivity index (χ0) is 11.7. The lowest BCUT2D eigenvalue weighted by molar-refractivity contribution is 0.603. The summed E-state index contributed by atoms with van der Waals surface area (Å²) in [5.41, 5.74) is 5.34. The summed E-state index contributed by atoms with van der Waals surface area (Å²) in [7, 11) is 0. The van der Waals surface area contributed by atoms with E-state index >= 15 is 0 Å². The fourth-order valence-corrected chi connectivity index (χ4v) is 2.82. The number of fused-ring (bicyclic) bond motifs is 1. The predicted octanol–water partition coefficient (Wildman–Crippen LogP) is 3.86. The van der Waals surface area contributed by atoms with Gasteiger partial charge in [0.25, 0.3) is 0 Å². The third kappa shape index (κ3) is 1.97. The van der Waals surface area contributed by atoms with E-state index in [2.05, 4.69) is 49.4 Å². The van der Waals surface area contributed by atoms with Crippen LogP contribution >= 0.6 is 0 Å². The number of aromatic nitrogens is 1. The van der Waals surface area contributed by atoms with Crippen molar-refractivity contribution >= 4 is 0 Å². The second-order valence-electron chi connectivity index (χ2n) is 4.85. The average molecular weight is 223 g/mol. The van der Waals surface area contributed by atoms with E-state index in [4.69, 9.17) is 4.98 Å². The van der Waals surface area contributed by atoms with Crippen LogP contribution in [0.15, 0.2) is 42.5 Å². The van der Waals surface area contributed by atoms with Gasteiger partial charge in [-0.2, -0.15) is 0 Å². The van der Waals surface area contributed by atoms with Crippen LogP contribution in [0.4, 0.5) is 0 Å². The highest BCUT2D eigenvalue weighted by atomic mass is 14.7. The van der Waals surface area contributed by atoms with Gasteiger partial charge in [0.2, 0.25) is 0 Å². The molecule has 0 amide bonds. The van der Waals surface area contributed by atoms with Crippen LogP contribution in [0.3, 0.4) is 0 Å². The van der Waals surface area contributed by atoms with Gasteiger partial charge in [-0.1, -0.05) is 30.3 Å². The van der Waals surface area contributed by atoms with Crippen LogP contribution in [0.2, 0.25) is 0 Å². The summed E-state index contributed by atoms with van der Waals surface area (Å²) in [4.78, 5) is 4.70. The quantitative estimate of drug-likeness (QED) is 0.715. The minimum atomic E-state index is 0.500. The lowest BCUT2D eigenvalue weighted by Crippen LogP contribution is -2.12. The van der Waals surface area contributed by atoms with Gasteiger partial charge < -0.3 is 0 Å². The summed E-state index contributed by atoms with van der Waals surface area (Å²) >= 11 is 0. The molecule has 0 N–H and O–H groups in total. The molecule has 0 saturated carbocycles. The maximum absolute atomic E-state index is 4.70. The monoisotopic (exact) mass is 223 g/mol. The van der Waals surface area contributed by atoms with Gasteiger partial charge in [-0.15, -0.1) is 0 Å². The lowest BCUT2D eigenvalue weighted by Gasteiger charge is -2.25. The number of pyridine rings is 1. The van der Waals surface area contributed by atoms with Crippen LogP contribution in [0.25, 0.3) is 0 Å². The maximum atomic E-state index is 4.70. The number of hydrogen-bond donors (Lipinski definition) is 0. The van der Waals surface area contributed by atoms with Gasteiger partial charge in [-0.05, 0) is 49.4 Å². The van der Waals surface area contributed by atoms with Crippen molar-refractivity contribution in [3.63, 3.8) is 0 Å². The summed E-state index contributed by atoms with van der Waals surface area (Å²) in [6.07, 6.45) is 3.73. The summed E-state index contributed by atoms with van der Waals surface area (Å²) < 4.78 is 0. The Morgan fingerprint density at radius 2 is 1.94 bits per heavy atom. The van der Waals surface area contributed by atoms with Crippen molar-refractivity contribution in [2.45, 2.75) is 32.1 Å².